The number of hydrogen-bond acceptors (Lipinski definition) is 1. The molecule has 0 saturated carbocycles. The highest BCUT2D eigenvalue weighted by Crippen LogP contribution is 2.18. The SMILES string of the molecule is CC.CC.CC.CC1=C(C)C(C)OC1. The lowest BCUT2D eigenvalue weighted by atomic mass is 10.1. The van der Waals surface area contributed by atoms with Crippen molar-refractivity contribution in [3.05, 3.63) is 11.1 Å². The first-order chi connectivity index (χ1) is 6.72. The molecule has 1 rings (SSSR count). The van der Waals surface area contributed by atoms with Gasteiger partial charge in [-0.15, -0.1) is 0 Å². The first kappa shape index (κ1) is 19.3. The lowest BCUT2D eigenvalue weighted by Gasteiger charge is -2.00. The van der Waals surface area contributed by atoms with E-state index < -0.39 is 0 Å². The Hall–Kier alpha value is -0.300. The Morgan fingerprint density at radius 1 is 0.929 bits per heavy atom. The fraction of sp³-hybridized carbons (Fsp3) is 0.846. The van der Waals surface area contributed by atoms with Gasteiger partial charge in [0.25, 0.3) is 0 Å². The van der Waals surface area contributed by atoms with Crippen molar-refractivity contribution in [3.63, 3.8) is 0 Å². The predicted octanol–water partition coefficient (Wildman–Crippen LogP) is 4.82. The van der Waals surface area contributed by atoms with Crippen molar-refractivity contribution in [2.45, 2.75) is 68.4 Å². The highest BCUT2D eigenvalue weighted by Gasteiger charge is 2.14. The largest absolute Gasteiger partial charge is 0.370 e. The average molecular weight is 202 g/mol. The van der Waals surface area contributed by atoms with Gasteiger partial charge in [0.15, 0.2) is 0 Å². The van der Waals surface area contributed by atoms with Crippen LogP contribution in [0, 0.1) is 0 Å². The van der Waals surface area contributed by atoms with Crippen LogP contribution in [0.2, 0.25) is 0 Å². The summed E-state index contributed by atoms with van der Waals surface area (Å²) in [5, 5.41) is 0. The first-order valence-electron chi connectivity index (χ1n) is 5.99. The van der Waals surface area contributed by atoms with Crippen molar-refractivity contribution in [3.8, 4) is 0 Å². The van der Waals surface area contributed by atoms with E-state index in [1.165, 1.54) is 11.1 Å². The van der Waals surface area contributed by atoms with E-state index >= 15 is 0 Å². The predicted molar refractivity (Wildman–Crippen MR) is 67.8 cm³/mol. The summed E-state index contributed by atoms with van der Waals surface area (Å²) >= 11 is 0. The molecule has 0 aromatic carbocycles. The summed E-state index contributed by atoms with van der Waals surface area (Å²) in [4.78, 5) is 0. The fourth-order valence-corrected chi connectivity index (χ4v) is 0.836. The summed E-state index contributed by atoms with van der Waals surface area (Å²) in [5.74, 6) is 0. The van der Waals surface area contributed by atoms with Gasteiger partial charge in [-0.2, -0.15) is 0 Å². The van der Waals surface area contributed by atoms with Crippen LogP contribution in [0.15, 0.2) is 11.1 Å². The first-order valence-corrected chi connectivity index (χ1v) is 5.99. The quantitative estimate of drug-likeness (QED) is 0.512. The van der Waals surface area contributed by atoms with Gasteiger partial charge >= 0.3 is 0 Å². The zero-order valence-electron chi connectivity index (χ0n) is 11.7. The van der Waals surface area contributed by atoms with E-state index in [1.54, 1.807) is 0 Å². The van der Waals surface area contributed by atoms with Crippen LogP contribution in [-0.2, 0) is 4.74 Å². The van der Waals surface area contributed by atoms with Gasteiger partial charge in [-0.1, -0.05) is 41.5 Å². The monoisotopic (exact) mass is 202 g/mol. The molecule has 0 aromatic heterocycles. The fourth-order valence-electron chi connectivity index (χ4n) is 0.836. The van der Waals surface area contributed by atoms with Crippen molar-refractivity contribution in [2.75, 3.05) is 6.61 Å². The highest BCUT2D eigenvalue weighted by molar-refractivity contribution is 5.17. The molecule has 0 aromatic rings. The molecule has 0 radical (unpaired) electrons. The molecule has 0 amide bonds. The van der Waals surface area contributed by atoms with E-state index in [0.717, 1.165) is 6.61 Å². The molecule has 1 heterocycles. The summed E-state index contributed by atoms with van der Waals surface area (Å²) in [5.41, 5.74) is 2.81. The van der Waals surface area contributed by atoms with Gasteiger partial charge in [0.1, 0.15) is 0 Å². The third-order valence-electron chi connectivity index (χ3n) is 1.83. The zero-order valence-corrected chi connectivity index (χ0v) is 11.7. The van der Waals surface area contributed by atoms with Crippen molar-refractivity contribution in [1.29, 1.82) is 0 Å². The molecular formula is C13H30O. The summed E-state index contributed by atoms with van der Waals surface area (Å²) in [7, 11) is 0. The van der Waals surface area contributed by atoms with Gasteiger partial charge in [0.05, 0.1) is 12.7 Å². The van der Waals surface area contributed by atoms with Gasteiger partial charge in [0.2, 0.25) is 0 Å². The van der Waals surface area contributed by atoms with Crippen molar-refractivity contribution in [2.24, 2.45) is 0 Å². The summed E-state index contributed by atoms with van der Waals surface area (Å²) < 4.78 is 5.30. The molecule has 1 heteroatoms. The molecule has 0 saturated heterocycles. The molecule has 1 aliphatic rings. The van der Waals surface area contributed by atoms with Gasteiger partial charge < -0.3 is 4.74 Å². The minimum atomic E-state index is 0.370. The van der Waals surface area contributed by atoms with Crippen LogP contribution in [0.5, 0.6) is 0 Å². The van der Waals surface area contributed by atoms with Crippen LogP contribution in [0.4, 0.5) is 0 Å². The summed E-state index contributed by atoms with van der Waals surface area (Å²) in [6.45, 7) is 19.2. The van der Waals surface area contributed by atoms with E-state index in [0.29, 0.717) is 6.10 Å². The Bertz CT molecular complexity index is 125. The van der Waals surface area contributed by atoms with Crippen LogP contribution in [0.25, 0.3) is 0 Å². The maximum Gasteiger partial charge on any atom is 0.0761 e. The second-order valence-electron chi connectivity index (χ2n) is 2.42. The normalized spacial score (nSPS) is 18.2. The maximum atomic E-state index is 5.30. The lowest BCUT2D eigenvalue weighted by molar-refractivity contribution is 0.133. The van der Waals surface area contributed by atoms with Crippen LogP contribution in [-0.4, -0.2) is 12.7 Å². The molecule has 0 fully saturated rings. The van der Waals surface area contributed by atoms with E-state index in [4.69, 9.17) is 4.74 Å². The topological polar surface area (TPSA) is 9.23 Å². The molecular weight excluding hydrogens is 172 g/mol. The number of ether oxygens (including phenoxy) is 1. The smallest absolute Gasteiger partial charge is 0.0761 e. The molecule has 1 atom stereocenters. The lowest BCUT2D eigenvalue weighted by Crippen LogP contribution is -2.00. The zero-order chi connectivity index (χ0) is 12.1. The number of hydrogen-bond donors (Lipinski definition) is 0. The molecule has 1 aliphatic heterocycles. The Morgan fingerprint density at radius 3 is 1.36 bits per heavy atom. The third kappa shape index (κ3) is 8.31. The standard InChI is InChI=1S/C7H12O.3C2H6/c1-5-4-8-7(3)6(5)2;3*1-2/h7H,4H2,1-3H3;3*1-2H3. The summed E-state index contributed by atoms with van der Waals surface area (Å²) in [6, 6.07) is 0. The van der Waals surface area contributed by atoms with E-state index in [9.17, 15) is 0 Å². The Balaban J connectivity index is -0.000000174. The Kier molecular flexibility index (Phi) is 20.9. The van der Waals surface area contributed by atoms with Crippen LogP contribution in [0.1, 0.15) is 62.3 Å². The van der Waals surface area contributed by atoms with Crippen molar-refractivity contribution in [1.82, 2.24) is 0 Å². The second kappa shape index (κ2) is 15.2. The van der Waals surface area contributed by atoms with Crippen LogP contribution < -0.4 is 0 Å². The van der Waals surface area contributed by atoms with Gasteiger partial charge in [-0.05, 0) is 31.9 Å². The Labute approximate surface area is 91.6 Å². The van der Waals surface area contributed by atoms with E-state index in [2.05, 4.69) is 20.8 Å². The molecule has 0 spiro atoms. The average Bonchev–Trinajstić information content (AvgIpc) is 2.58. The van der Waals surface area contributed by atoms with Gasteiger partial charge in [-0.25, -0.2) is 0 Å². The Morgan fingerprint density at radius 2 is 1.29 bits per heavy atom. The van der Waals surface area contributed by atoms with Crippen LogP contribution in [0.3, 0.4) is 0 Å². The molecule has 0 N–H and O–H groups in total. The molecule has 1 unspecified atom stereocenters. The second-order valence-corrected chi connectivity index (χ2v) is 2.42. The molecule has 0 aliphatic carbocycles. The van der Waals surface area contributed by atoms with Gasteiger partial charge in [-0.3, -0.25) is 0 Å². The van der Waals surface area contributed by atoms with E-state index in [1.807, 2.05) is 41.5 Å². The molecule has 88 valence electrons. The summed E-state index contributed by atoms with van der Waals surface area (Å²) in [6.07, 6.45) is 0.370. The van der Waals surface area contributed by atoms with E-state index in [-0.39, 0.29) is 0 Å². The third-order valence-corrected chi connectivity index (χ3v) is 1.83. The minimum absolute atomic E-state index is 0.370. The highest BCUT2D eigenvalue weighted by atomic mass is 16.5. The van der Waals surface area contributed by atoms with Crippen LogP contribution >= 0.6 is 0 Å². The molecule has 1 nitrogen and oxygen atoms in total. The minimum Gasteiger partial charge on any atom is -0.370 e. The number of rotatable bonds is 0. The maximum absolute atomic E-state index is 5.30. The van der Waals surface area contributed by atoms with Gasteiger partial charge in [0, 0.05) is 0 Å². The van der Waals surface area contributed by atoms with Crippen molar-refractivity contribution < 1.29 is 4.74 Å². The van der Waals surface area contributed by atoms with Crippen molar-refractivity contribution >= 4 is 0 Å². The molecule has 14 heavy (non-hydrogen) atoms. The molecule has 0 bridgehead atoms.